The monoisotopic (exact) mass is 304 g/mol. The standard InChI is InChI=1S/C15H20N4O3/c1-19-8-7-16-9-11(19)15-17-14(22-18-15)10-21-13-6-4-3-5-12(13)20-2/h3-6,11,16H,7-10H2,1-2H3. The predicted molar refractivity (Wildman–Crippen MR) is 79.9 cm³/mol. The van der Waals surface area contributed by atoms with Gasteiger partial charge < -0.3 is 19.3 Å². The highest BCUT2D eigenvalue weighted by molar-refractivity contribution is 5.39. The highest BCUT2D eigenvalue weighted by atomic mass is 16.5. The van der Waals surface area contributed by atoms with Gasteiger partial charge in [-0.3, -0.25) is 4.90 Å². The third-order valence-corrected chi connectivity index (χ3v) is 3.71. The molecule has 7 nitrogen and oxygen atoms in total. The van der Waals surface area contributed by atoms with Crippen molar-refractivity contribution in [2.75, 3.05) is 33.8 Å². The van der Waals surface area contributed by atoms with Crippen molar-refractivity contribution in [1.82, 2.24) is 20.4 Å². The minimum absolute atomic E-state index is 0.137. The molecular formula is C15H20N4O3. The lowest BCUT2D eigenvalue weighted by atomic mass is 10.2. The molecule has 1 aromatic heterocycles. The summed E-state index contributed by atoms with van der Waals surface area (Å²) in [5.74, 6) is 2.48. The summed E-state index contributed by atoms with van der Waals surface area (Å²) in [6.45, 7) is 2.99. The molecule has 1 unspecified atom stereocenters. The van der Waals surface area contributed by atoms with Gasteiger partial charge in [0, 0.05) is 19.6 Å². The van der Waals surface area contributed by atoms with Crippen molar-refractivity contribution in [2.45, 2.75) is 12.6 Å². The van der Waals surface area contributed by atoms with Crippen LogP contribution in [0, 0.1) is 0 Å². The largest absolute Gasteiger partial charge is 0.493 e. The van der Waals surface area contributed by atoms with E-state index in [2.05, 4.69) is 27.4 Å². The van der Waals surface area contributed by atoms with Gasteiger partial charge in [0.05, 0.1) is 13.2 Å². The Bertz CT molecular complexity index is 616. The van der Waals surface area contributed by atoms with Gasteiger partial charge in [-0.1, -0.05) is 17.3 Å². The Morgan fingerprint density at radius 3 is 2.95 bits per heavy atom. The molecule has 7 heteroatoms. The van der Waals surface area contributed by atoms with Gasteiger partial charge in [-0.15, -0.1) is 0 Å². The first-order chi connectivity index (χ1) is 10.8. The fraction of sp³-hybridized carbons (Fsp3) is 0.467. The van der Waals surface area contributed by atoms with Crippen LogP contribution in [0.15, 0.2) is 28.8 Å². The molecular weight excluding hydrogens is 284 g/mol. The van der Waals surface area contributed by atoms with Crippen molar-refractivity contribution in [3.63, 3.8) is 0 Å². The third kappa shape index (κ3) is 3.20. The molecule has 1 fully saturated rings. The smallest absolute Gasteiger partial charge is 0.264 e. The zero-order valence-electron chi connectivity index (χ0n) is 12.8. The summed E-state index contributed by atoms with van der Waals surface area (Å²) in [4.78, 5) is 6.64. The lowest BCUT2D eigenvalue weighted by molar-refractivity contribution is 0.189. The summed E-state index contributed by atoms with van der Waals surface area (Å²) in [6, 6.07) is 7.60. The summed E-state index contributed by atoms with van der Waals surface area (Å²) in [5, 5.41) is 7.40. The topological polar surface area (TPSA) is 72.7 Å². The summed E-state index contributed by atoms with van der Waals surface area (Å²) in [6.07, 6.45) is 0. The van der Waals surface area contributed by atoms with Crippen molar-refractivity contribution in [3.05, 3.63) is 36.0 Å². The number of nitrogens with zero attached hydrogens (tertiary/aromatic N) is 3. The van der Waals surface area contributed by atoms with E-state index >= 15 is 0 Å². The van der Waals surface area contributed by atoms with Crippen LogP contribution < -0.4 is 14.8 Å². The van der Waals surface area contributed by atoms with E-state index in [1.54, 1.807) is 7.11 Å². The van der Waals surface area contributed by atoms with E-state index in [9.17, 15) is 0 Å². The van der Waals surface area contributed by atoms with Crippen LogP contribution in [0.3, 0.4) is 0 Å². The maximum absolute atomic E-state index is 5.69. The first-order valence-electron chi connectivity index (χ1n) is 7.27. The van der Waals surface area contributed by atoms with Crippen LogP contribution in [0.5, 0.6) is 11.5 Å². The molecule has 1 aromatic carbocycles. The predicted octanol–water partition coefficient (Wildman–Crippen LogP) is 1.23. The number of hydrogen-bond donors (Lipinski definition) is 1. The second kappa shape index (κ2) is 6.76. The van der Waals surface area contributed by atoms with Gasteiger partial charge >= 0.3 is 0 Å². The van der Waals surface area contributed by atoms with Crippen LogP contribution in [0.2, 0.25) is 0 Å². The van der Waals surface area contributed by atoms with Crippen LogP contribution in [0.25, 0.3) is 0 Å². The van der Waals surface area contributed by atoms with E-state index in [0.717, 1.165) is 19.6 Å². The molecule has 0 bridgehead atoms. The van der Waals surface area contributed by atoms with Crippen LogP contribution >= 0.6 is 0 Å². The Balaban J connectivity index is 1.64. The lowest BCUT2D eigenvalue weighted by Crippen LogP contribution is -2.44. The number of piperazine rings is 1. The first-order valence-corrected chi connectivity index (χ1v) is 7.27. The zero-order chi connectivity index (χ0) is 15.4. The average Bonchev–Trinajstić information content (AvgIpc) is 3.02. The number of likely N-dealkylation sites (N-methyl/N-ethyl adjacent to an activating group) is 1. The van der Waals surface area contributed by atoms with E-state index < -0.39 is 0 Å². The van der Waals surface area contributed by atoms with E-state index in [1.807, 2.05) is 24.3 Å². The number of rotatable bonds is 5. The van der Waals surface area contributed by atoms with Crippen LogP contribution in [0.1, 0.15) is 17.8 Å². The van der Waals surface area contributed by atoms with E-state index in [4.69, 9.17) is 14.0 Å². The Morgan fingerprint density at radius 2 is 2.18 bits per heavy atom. The van der Waals surface area contributed by atoms with Crippen molar-refractivity contribution >= 4 is 0 Å². The molecule has 118 valence electrons. The van der Waals surface area contributed by atoms with Gasteiger partial charge in [0.25, 0.3) is 5.89 Å². The van der Waals surface area contributed by atoms with Gasteiger partial charge in [0.2, 0.25) is 0 Å². The minimum atomic E-state index is 0.137. The van der Waals surface area contributed by atoms with Crippen LogP contribution in [0.4, 0.5) is 0 Å². The average molecular weight is 304 g/mol. The molecule has 1 aliphatic rings. The Hall–Kier alpha value is -2.12. The van der Waals surface area contributed by atoms with Gasteiger partial charge in [-0.05, 0) is 19.2 Å². The summed E-state index contributed by atoms with van der Waals surface area (Å²) >= 11 is 0. The molecule has 1 aliphatic heterocycles. The fourth-order valence-corrected chi connectivity index (χ4v) is 2.43. The summed E-state index contributed by atoms with van der Waals surface area (Å²) in [5.41, 5.74) is 0. The Labute approximate surface area is 129 Å². The Kier molecular flexibility index (Phi) is 4.55. The summed E-state index contributed by atoms with van der Waals surface area (Å²) in [7, 11) is 3.67. The summed E-state index contributed by atoms with van der Waals surface area (Å²) < 4.78 is 16.2. The molecule has 1 N–H and O–H groups in total. The van der Waals surface area contributed by atoms with E-state index in [0.29, 0.717) is 23.2 Å². The first kappa shape index (κ1) is 14.8. The molecule has 22 heavy (non-hydrogen) atoms. The molecule has 1 atom stereocenters. The molecule has 0 spiro atoms. The SMILES string of the molecule is COc1ccccc1OCc1nc(C2CNCCN2C)no1. The van der Waals surface area contributed by atoms with Crippen molar-refractivity contribution in [1.29, 1.82) is 0 Å². The van der Waals surface area contributed by atoms with E-state index in [-0.39, 0.29) is 12.6 Å². The molecule has 1 saturated heterocycles. The number of ether oxygens (including phenoxy) is 2. The fourth-order valence-electron chi connectivity index (χ4n) is 2.43. The van der Waals surface area contributed by atoms with Crippen molar-refractivity contribution < 1.29 is 14.0 Å². The van der Waals surface area contributed by atoms with Gasteiger partial charge in [-0.2, -0.15) is 4.98 Å². The molecule has 0 aliphatic carbocycles. The Morgan fingerprint density at radius 1 is 1.36 bits per heavy atom. The molecule has 2 heterocycles. The van der Waals surface area contributed by atoms with Crippen LogP contribution in [-0.2, 0) is 6.61 Å². The second-order valence-electron chi connectivity index (χ2n) is 5.19. The maximum Gasteiger partial charge on any atom is 0.264 e. The highest BCUT2D eigenvalue weighted by Gasteiger charge is 2.25. The molecule has 3 rings (SSSR count). The molecule has 0 saturated carbocycles. The second-order valence-corrected chi connectivity index (χ2v) is 5.19. The molecule has 0 amide bonds. The van der Waals surface area contributed by atoms with Crippen LogP contribution in [-0.4, -0.2) is 48.8 Å². The number of hydrogen-bond acceptors (Lipinski definition) is 7. The highest BCUT2D eigenvalue weighted by Crippen LogP contribution is 2.26. The van der Waals surface area contributed by atoms with E-state index in [1.165, 1.54) is 0 Å². The third-order valence-electron chi connectivity index (χ3n) is 3.71. The van der Waals surface area contributed by atoms with Crippen molar-refractivity contribution in [2.24, 2.45) is 0 Å². The quantitative estimate of drug-likeness (QED) is 0.890. The minimum Gasteiger partial charge on any atom is -0.493 e. The number of benzene rings is 1. The van der Waals surface area contributed by atoms with Crippen molar-refractivity contribution in [3.8, 4) is 11.5 Å². The normalized spacial score (nSPS) is 19.1. The lowest BCUT2D eigenvalue weighted by Gasteiger charge is -2.30. The van der Waals surface area contributed by atoms with Gasteiger partial charge in [0.1, 0.15) is 0 Å². The molecule has 2 aromatic rings. The maximum atomic E-state index is 5.69. The number of aromatic nitrogens is 2. The zero-order valence-corrected chi connectivity index (χ0v) is 12.8. The molecule has 0 radical (unpaired) electrons. The van der Waals surface area contributed by atoms with Gasteiger partial charge in [-0.25, -0.2) is 0 Å². The van der Waals surface area contributed by atoms with Gasteiger partial charge in [0.15, 0.2) is 23.9 Å². The number of nitrogens with one attached hydrogen (secondary N) is 1. The number of para-hydroxylation sites is 2. The number of methoxy groups -OCH3 is 1.